The summed E-state index contributed by atoms with van der Waals surface area (Å²) >= 11 is 3.51. The van der Waals surface area contributed by atoms with E-state index in [4.69, 9.17) is 13.8 Å². The number of aromatic nitrogens is 3. The smallest absolute Gasteiger partial charge is 0.305 e. The van der Waals surface area contributed by atoms with Gasteiger partial charge in [-0.3, -0.25) is 19.3 Å². The number of nitrogens with zero attached hydrogens (tertiary/aromatic N) is 4. The number of ether oxygens (including phenoxy) is 1. The molecule has 1 aliphatic rings. The minimum Gasteiger partial charge on any atom is -0.469 e. The van der Waals surface area contributed by atoms with Crippen LogP contribution < -0.4 is 0 Å². The summed E-state index contributed by atoms with van der Waals surface area (Å²) in [6, 6.07) is 10.5. The van der Waals surface area contributed by atoms with Gasteiger partial charge in [-0.25, -0.2) is 4.98 Å². The molecule has 0 amide bonds. The number of benzene rings is 1. The molecule has 0 radical (unpaired) electrons. The summed E-state index contributed by atoms with van der Waals surface area (Å²) in [7, 11) is 1.33. The number of aryl methyl sites for hydroxylation is 1. The third kappa shape index (κ3) is 3.38. The molecular weight excluding hydrogens is 420 g/mol. The second-order valence-electron chi connectivity index (χ2n) is 6.32. The number of carbonyl (C=O) groups excluding carboxylic acids is 1. The second-order valence-corrected chi connectivity index (χ2v) is 7.24. The number of halogens is 1. The number of esters is 1. The van der Waals surface area contributed by atoms with Gasteiger partial charge in [0.15, 0.2) is 0 Å². The Labute approximate surface area is 175 Å². The summed E-state index contributed by atoms with van der Waals surface area (Å²) in [5, 5.41) is 0. The lowest BCUT2D eigenvalue weighted by atomic mass is 10.0. The van der Waals surface area contributed by atoms with Crippen LogP contribution in [0.15, 0.2) is 58.3 Å². The third-order valence-corrected chi connectivity index (χ3v) is 5.08. The lowest BCUT2D eigenvalue weighted by Gasteiger charge is -2.14. The Balaban J connectivity index is 1.98. The van der Waals surface area contributed by atoms with Gasteiger partial charge in [-0.2, -0.15) is 0 Å². The molecule has 0 unspecified atom stereocenters. The van der Waals surface area contributed by atoms with E-state index in [1.807, 2.05) is 36.4 Å². The summed E-state index contributed by atoms with van der Waals surface area (Å²) < 4.78 is 31.3. The highest BCUT2D eigenvalue weighted by Gasteiger charge is 2.28. The first-order valence-corrected chi connectivity index (χ1v) is 9.53. The van der Waals surface area contributed by atoms with Gasteiger partial charge in [0.1, 0.15) is 11.9 Å². The quantitative estimate of drug-likeness (QED) is 0.569. The summed E-state index contributed by atoms with van der Waals surface area (Å²) in [6.45, 7) is -2.38. The van der Waals surface area contributed by atoms with Gasteiger partial charge in [-0.15, -0.1) is 0 Å². The molecule has 0 saturated carbocycles. The average Bonchev–Trinajstić information content (AvgIpc) is 3.15. The van der Waals surface area contributed by atoms with Crippen molar-refractivity contribution in [2.45, 2.75) is 25.7 Å². The normalized spacial score (nSPS) is 17.3. The molecule has 0 bridgehead atoms. The van der Waals surface area contributed by atoms with E-state index in [9.17, 15) is 4.79 Å². The summed E-state index contributed by atoms with van der Waals surface area (Å²) in [5.41, 5.74) is 2.71. The zero-order chi connectivity index (χ0) is 22.2. The molecule has 0 fully saturated rings. The number of imidazole rings is 1. The Kier molecular flexibility index (Phi) is 4.15. The van der Waals surface area contributed by atoms with Crippen molar-refractivity contribution in [1.82, 2.24) is 14.5 Å². The van der Waals surface area contributed by atoms with Crippen LogP contribution in [0.25, 0.3) is 5.69 Å². The standard InChI is InChI=1S/C21H19BrN4O2/c1-13-12-24-21-17(7-9-19(27)28-2)25-20(16-5-3-4-10-23-16)15-11-14(22)6-8-18(15)26(13)21/h3-6,8,10-12,17H,7,9H2,1-2H3/t17-/m0/s1/i1D3. The molecule has 3 aromatic rings. The van der Waals surface area contributed by atoms with Crippen molar-refractivity contribution in [2.24, 2.45) is 4.99 Å². The van der Waals surface area contributed by atoms with Crippen molar-refractivity contribution >= 4 is 27.6 Å². The van der Waals surface area contributed by atoms with Gasteiger partial charge < -0.3 is 4.74 Å². The van der Waals surface area contributed by atoms with E-state index in [1.165, 1.54) is 13.3 Å². The molecule has 6 nitrogen and oxygen atoms in total. The number of pyridine rings is 1. The fourth-order valence-corrected chi connectivity index (χ4v) is 3.65. The van der Waals surface area contributed by atoms with Gasteiger partial charge in [-0.1, -0.05) is 22.0 Å². The van der Waals surface area contributed by atoms with Crippen LogP contribution in [-0.2, 0) is 9.53 Å². The van der Waals surface area contributed by atoms with Crippen LogP contribution in [0.4, 0.5) is 0 Å². The average molecular weight is 442 g/mol. The maximum atomic E-state index is 11.8. The van der Waals surface area contributed by atoms with Crippen LogP contribution >= 0.6 is 15.9 Å². The number of carbonyl (C=O) groups is 1. The van der Waals surface area contributed by atoms with Crippen molar-refractivity contribution in [3.8, 4) is 5.69 Å². The Hall–Kier alpha value is -2.80. The SMILES string of the molecule is [2H]C([2H])([2H])c1cnc2n1-c1ccc(Br)cc1C(c1ccccn1)=N[C@H]2CCC(=O)OC. The van der Waals surface area contributed by atoms with Gasteiger partial charge in [0, 0.05) is 38.7 Å². The van der Waals surface area contributed by atoms with Crippen LogP contribution in [0.5, 0.6) is 0 Å². The summed E-state index contributed by atoms with van der Waals surface area (Å²) in [6.07, 6.45) is 3.47. The molecule has 1 atom stereocenters. The van der Waals surface area contributed by atoms with Crippen molar-refractivity contribution in [1.29, 1.82) is 0 Å². The maximum Gasteiger partial charge on any atom is 0.305 e. The molecule has 3 heterocycles. The van der Waals surface area contributed by atoms with E-state index in [0.29, 0.717) is 29.3 Å². The molecule has 7 heteroatoms. The van der Waals surface area contributed by atoms with Crippen molar-refractivity contribution < 1.29 is 13.6 Å². The fraction of sp³-hybridized carbons (Fsp3) is 0.238. The van der Waals surface area contributed by atoms with Gasteiger partial charge in [-0.05, 0) is 43.6 Å². The predicted molar refractivity (Wildman–Crippen MR) is 110 cm³/mol. The monoisotopic (exact) mass is 441 g/mol. The van der Waals surface area contributed by atoms with Crippen LogP contribution in [0.3, 0.4) is 0 Å². The largest absolute Gasteiger partial charge is 0.469 e. The Morgan fingerprint density at radius 1 is 1.32 bits per heavy atom. The molecule has 0 aliphatic carbocycles. The number of methoxy groups -OCH3 is 1. The first-order valence-electron chi connectivity index (χ1n) is 10.2. The number of aliphatic imine (C=N–C) groups is 1. The van der Waals surface area contributed by atoms with Crippen LogP contribution in [0, 0.1) is 6.85 Å². The minimum absolute atomic E-state index is 0.0895. The summed E-state index contributed by atoms with van der Waals surface area (Å²) in [5.74, 6) is 0.0952. The van der Waals surface area contributed by atoms with Gasteiger partial charge in [0.25, 0.3) is 0 Å². The highest BCUT2D eigenvalue weighted by atomic mass is 79.9. The van der Waals surface area contributed by atoms with E-state index < -0.39 is 12.9 Å². The van der Waals surface area contributed by atoms with E-state index in [2.05, 4.69) is 25.9 Å². The van der Waals surface area contributed by atoms with Gasteiger partial charge >= 0.3 is 5.97 Å². The molecule has 1 aromatic carbocycles. The topological polar surface area (TPSA) is 69.4 Å². The zero-order valence-corrected chi connectivity index (χ0v) is 16.7. The van der Waals surface area contributed by atoms with Crippen LogP contribution in [0.2, 0.25) is 0 Å². The Morgan fingerprint density at radius 3 is 2.96 bits per heavy atom. The Morgan fingerprint density at radius 2 is 2.21 bits per heavy atom. The van der Waals surface area contributed by atoms with E-state index in [0.717, 1.165) is 10.0 Å². The number of fused-ring (bicyclic) bond motifs is 3. The van der Waals surface area contributed by atoms with E-state index >= 15 is 0 Å². The van der Waals surface area contributed by atoms with Gasteiger partial charge in [0.2, 0.25) is 0 Å². The molecule has 28 heavy (non-hydrogen) atoms. The van der Waals surface area contributed by atoms with E-state index in [-0.39, 0.29) is 18.1 Å². The van der Waals surface area contributed by atoms with Crippen molar-refractivity contribution in [2.75, 3.05) is 7.11 Å². The highest BCUT2D eigenvalue weighted by Crippen LogP contribution is 2.34. The maximum absolute atomic E-state index is 11.8. The number of rotatable bonds is 4. The van der Waals surface area contributed by atoms with Crippen molar-refractivity contribution in [3.05, 3.63) is 76.0 Å². The van der Waals surface area contributed by atoms with E-state index in [1.54, 1.807) is 10.8 Å². The number of hydrogen-bond donors (Lipinski definition) is 0. The second kappa shape index (κ2) is 7.67. The molecule has 1 aliphatic heterocycles. The summed E-state index contributed by atoms with van der Waals surface area (Å²) in [4.78, 5) is 25.6. The third-order valence-electron chi connectivity index (χ3n) is 4.58. The molecule has 0 N–H and O–H groups in total. The molecule has 4 rings (SSSR count). The molecule has 2 aromatic heterocycles. The van der Waals surface area contributed by atoms with Gasteiger partial charge in [0.05, 0.1) is 24.2 Å². The predicted octanol–water partition coefficient (Wildman–Crippen LogP) is 4.18. The van der Waals surface area contributed by atoms with Crippen LogP contribution in [0.1, 0.15) is 45.8 Å². The lowest BCUT2D eigenvalue weighted by molar-refractivity contribution is -0.140. The molecule has 0 spiro atoms. The molecule has 142 valence electrons. The van der Waals surface area contributed by atoms with Crippen LogP contribution in [-0.4, -0.2) is 33.3 Å². The molecule has 0 saturated heterocycles. The minimum atomic E-state index is -2.38. The Bertz CT molecular complexity index is 1160. The fourth-order valence-electron chi connectivity index (χ4n) is 3.29. The lowest BCUT2D eigenvalue weighted by Crippen LogP contribution is -2.09. The molecular formula is C21H19BrN4O2. The van der Waals surface area contributed by atoms with Crippen molar-refractivity contribution in [3.63, 3.8) is 0 Å². The first kappa shape index (κ1) is 15.2. The zero-order valence-electron chi connectivity index (χ0n) is 18.1. The highest BCUT2D eigenvalue weighted by molar-refractivity contribution is 9.10. The first-order chi connectivity index (χ1) is 14.8. The number of hydrogen-bond acceptors (Lipinski definition) is 5.